The van der Waals surface area contributed by atoms with E-state index >= 15 is 0 Å². The van der Waals surface area contributed by atoms with E-state index in [-0.39, 0.29) is 0 Å². The van der Waals surface area contributed by atoms with Crippen molar-refractivity contribution in [2.24, 2.45) is 0 Å². The van der Waals surface area contributed by atoms with Crippen LogP contribution in [0.1, 0.15) is 5.56 Å². The lowest BCUT2D eigenvalue weighted by atomic mass is 10.2. The molecule has 0 bridgehead atoms. The second-order valence-corrected chi connectivity index (χ2v) is 1.69. The van der Waals surface area contributed by atoms with Gasteiger partial charge in [-0.1, -0.05) is 30.3 Å². The molecule has 1 N–H and O–H groups in total. The smallest absolute Gasteiger partial charge is 0.000509 e. The van der Waals surface area contributed by atoms with Gasteiger partial charge in [-0.15, -0.1) is 0 Å². The van der Waals surface area contributed by atoms with Crippen molar-refractivity contribution in [3.05, 3.63) is 41.3 Å². The molecule has 0 aliphatic heterocycles. The molecule has 9 heavy (non-hydrogen) atoms. The Balaban J connectivity index is 2.98. The molecule has 0 fully saturated rings. The molecular formula is C7H6NO-. The zero-order chi connectivity index (χ0) is 6.69. The minimum atomic E-state index is -0.629. The lowest BCUT2D eigenvalue weighted by Gasteiger charge is -2.01. The Labute approximate surface area is 53.3 Å². The van der Waals surface area contributed by atoms with Crippen LogP contribution in [0.3, 0.4) is 0 Å². The van der Waals surface area contributed by atoms with Crippen LogP contribution in [0.25, 0.3) is 5.41 Å². The van der Waals surface area contributed by atoms with Gasteiger partial charge >= 0.3 is 0 Å². The van der Waals surface area contributed by atoms with Gasteiger partial charge in [0.15, 0.2) is 0 Å². The van der Waals surface area contributed by atoms with Crippen molar-refractivity contribution < 1.29 is 5.11 Å². The summed E-state index contributed by atoms with van der Waals surface area (Å²) < 4.78 is 0. The predicted molar refractivity (Wildman–Crippen MR) is 36.5 cm³/mol. The Morgan fingerprint density at radius 3 is 2.11 bits per heavy atom. The Morgan fingerprint density at radius 1 is 1.22 bits per heavy atom. The molecule has 0 spiro atoms. The minimum absolute atomic E-state index is 0.442. The van der Waals surface area contributed by atoms with Crippen LogP contribution in [0.5, 0.6) is 0 Å². The van der Waals surface area contributed by atoms with Crippen LogP contribution >= 0.6 is 0 Å². The van der Waals surface area contributed by atoms with Crippen molar-refractivity contribution in [2.75, 3.05) is 0 Å². The summed E-state index contributed by atoms with van der Waals surface area (Å²) in [5, 5.41) is 17.0. The van der Waals surface area contributed by atoms with Crippen LogP contribution in [0, 0.1) is 0 Å². The van der Waals surface area contributed by atoms with Gasteiger partial charge in [0.2, 0.25) is 0 Å². The number of aliphatic hydroxyl groups is 1. The SMILES string of the molecule is [N-]=C(O)c1ccccc1. The van der Waals surface area contributed by atoms with Gasteiger partial charge < -0.3 is 10.5 Å². The zero-order valence-corrected chi connectivity index (χ0v) is 4.78. The summed E-state index contributed by atoms with van der Waals surface area (Å²) >= 11 is 0. The van der Waals surface area contributed by atoms with Crippen molar-refractivity contribution in [3.8, 4) is 0 Å². The maximum absolute atomic E-state index is 8.50. The van der Waals surface area contributed by atoms with Gasteiger partial charge in [0.1, 0.15) is 0 Å². The minimum Gasteiger partial charge on any atom is -0.771 e. The lowest BCUT2D eigenvalue weighted by molar-refractivity contribution is 0.564. The molecule has 1 aromatic carbocycles. The quantitative estimate of drug-likeness (QED) is 0.443. The molecule has 0 saturated heterocycles. The van der Waals surface area contributed by atoms with Crippen molar-refractivity contribution in [3.63, 3.8) is 0 Å². The van der Waals surface area contributed by atoms with E-state index in [0.717, 1.165) is 0 Å². The molecule has 2 heteroatoms. The van der Waals surface area contributed by atoms with Gasteiger partial charge in [0, 0.05) is 0 Å². The second kappa shape index (κ2) is 2.31. The zero-order valence-electron chi connectivity index (χ0n) is 4.78. The van der Waals surface area contributed by atoms with Crippen LogP contribution in [0.15, 0.2) is 30.3 Å². The molecule has 2 nitrogen and oxygen atoms in total. The van der Waals surface area contributed by atoms with Crippen LogP contribution in [-0.2, 0) is 0 Å². The first kappa shape index (κ1) is 5.82. The van der Waals surface area contributed by atoms with Crippen LogP contribution in [0.2, 0.25) is 0 Å². The Bertz CT molecular complexity index is 205. The monoisotopic (exact) mass is 120 g/mol. The van der Waals surface area contributed by atoms with Crippen LogP contribution in [-0.4, -0.2) is 11.0 Å². The van der Waals surface area contributed by atoms with Gasteiger partial charge in [0.25, 0.3) is 0 Å². The van der Waals surface area contributed by atoms with Gasteiger partial charge in [-0.3, -0.25) is 0 Å². The van der Waals surface area contributed by atoms with E-state index in [1.807, 2.05) is 6.07 Å². The van der Waals surface area contributed by atoms with Crippen molar-refractivity contribution in [1.29, 1.82) is 0 Å². The molecule has 0 amide bonds. The number of benzene rings is 1. The second-order valence-electron chi connectivity index (χ2n) is 1.69. The molecule has 0 aliphatic carbocycles. The highest BCUT2D eigenvalue weighted by Crippen LogP contribution is 1.96. The van der Waals surface area contributed by atoms with Crippen LogP contribution < -0.4 is 0 Å². The van der Waals surface area contributed by atoms with Gasteiger partial charge in [-0.25, -0.2) is 0 Å². The molecule has 1 aromatic rings. The normalized spacial score (nSPS) is 8.89. The van der Waals surface area contributed by atoms with E-state index in [4.69, 9.17) is 10.5 Å². The van der Waals surface area contributed by atoms with E-state index in [9.17, 15) is 0 Å². The highest BCUT2D eigenvalue weighted by atomic mass is 16.3. The van der Waals surface area contributed by atoms with Crippen molar-refractivity contribution in [1.82, 2.24) is 0 Å². The van der Waals surface area contributed by atoms with Gasteiger partial charge in [0.05, 0.1) is 0 Å². The summed E-state index contributed by atoms with van der Waals surface area (Å²) in [5.74, 6) is -0.629. The molecule has 0 atom stereocenters. The summed E-state index contributed by atoms with van der Waals surface area (Å²) in [5.41, 5.74) is 0.442. The molecule has 0 aliphatic rings. The fourth-order valence-electron chi connectivity index (χ4n) is 0.587. The molecule has 0 radical (unpaired) electrons. The Hall–Kier alpha value is -1.31. The first-order valence-electron chi connectivity index (χ1n) is 2.61. The maximum Gasteiger partial charge on any atom is -0.000509 e. The summed E-state index contributed by atoms with van der Waals surface area (Å²) in [6.45, 7) is 0. The highest BCUT2D eigenvalue weighted by molar-refractivity contribution is 5.94. The third-order valence-electron chi connectivity index (χ3n) is 1.03. The fourth-order valence-corrected chi connectivity index (χ4v) is 0.587. The summed E-state index contributed by atoms with van der Waals surface area (Å²) in [6, 6.07) is 8.53. The summed E-state index contributed by atoms with van der Waals surface area (Å²) in [4.78, 5) is 0. The van der Waals surface area contributed by atoms with E-state index in [2.05, 4.69) is 0 Å². The van der Waals surface area contributed by atoms with E-state index in [1.54, 1.807) is 24.3 Å². The molecule has 0 unspecified atom stereocenters. The maximum atomic E-state index is 8.50. The standard InChI is InChI=1S/C7H6NO/c8-7(9)6-4-2-1-3-5-6/h1-5H,(H-,8,9)/q-1. The average molecular weight is 120 g/mol. The first-order chi connectivity index (χ1) is 4.30. The van der Waals surface area contributed by atoms with E-state index in [1.165, 1.54) is 0 Å². The molecule has 0 aromatic heterocycles. The molecule has 1 rings (SSSR count). The fraction of sp³-hybridized carbons (Fsp3) is 0. The highest BCUT2D eigenvalue weighted by Gasteiger charge is 1.83. The summed E-state index contributed by atoms with van der Waals surface area (Å²) in [6.07, 6.45) is 0. The number of hydrogen-bond acceptors (Lipinski definition) is 0. The van der Waals surface area contributed by atoms with Crippen molar-refractivity contribution in [2.45, 2.75) is 0 Å². The molecule has 46 valence electrons. The van der Waals surface area contributed by atoms with Gasteiger partial charge in [-0.05, 0) is 11.5 Å². The number of nitrogens with zero attached hydrogens (tertiary/aromatic N) is 1. The largest absolute Gasteiger partial charge is 0.771 e. The summed E-state index contributed by atoms with van der Waals surface area (Å²) in [7, 11) is 0. The van der Waals surface area contributed by atoms with Crippen LogP contribution in [0.4, 0.5) is 0 Å². The lowest BCUT2D eigenvalue weighted by Crippen LogP contribution is -1.92. The van der Waals surface area contributed by atoms with Crippen molar-refractivity contribution >= 4 is 5.90 Å². The first-order valence-corrected chi connectivity index (χ1v) is 2.61. The average Bonchev–Trinajstić information content (AvgIpc) is 1.90. The third kappa shape index (κ3) is 1.29. The predicted octanol–water partition coefficient (Wildman–Crippen LogP) is 1.56. The van der Waals surface area contributed by atoms with E-state index < -0.39 is 5.90 Å². The Kier molecular flexibility index (Phi) is 1.49. The number of hydrogen-bond donors (Lipinski definition) is 1. The molecular weight excluding hydrogens is 114 g/mol. The number of aliphatic hydroxyl groups excluding tert-OH is 1. The Morgan fingerprint density at radius 2 is 1.78 bits per heavy atom. The molecule has 0 saturated carbocycles. The number of rotatable bonds is 1. The third-order valence-corrected chi connectivity index (χ3v) is 1.03. The van der Waals surface area contributed by atoms with Gasteiger partial charge in [-0.2, -0.15) is 0 Å². The topological polar surface area (TPSA) is 42.5 Å². The molecule has 0 heterocycles. The van der Waals surface area contributed by atoms with E-state index in [0.29, 0.717) is 5.56 Å².